The average Bonchev–Trinajstić information content (AvgIpc) is 2.41. The third-order valence-electron chi connectivity index (χ3n) is 2.43. The topological polar surface area (TPSA) is 50.7 Å². The molecule has 114 valence electrons. The second-order valence-corrected chi connectivity index (χ2v) is 4.21. The van der Waals surface area contributed by atoms with Crippen LogP contribution in [0.2, 0.25) is 0 Å². The molecule has 2 N–H and O–H groups in total. The Morgan fingerprint density at radius 2 is 1.90 bits per heavy atom. The number of aryl methyl sites for hydroxylation is 1. The highest BCUT2D eigenvalue weighted by atomic mass is 19.4. The molecule has 0 aliphatic heterocycles. The van der Waals surface area contributed by atoms with E-state index >= 15 is 0 Å². The molecule has 4 nitrogen and oxygen atoms in total. The molecule has 0 aromatic heterocycles. The molecule has 0 spiro atoms. The summed E-state index contributed by atoms with van der Waals surface area (Å²) in [6.45, 7) is 0.447. The van der Waals surface area contributed by atoms with E-state index in [1.807, 2.05) is 24.5 Å². The summed E-state index contributed by atoms with van der Waals surface area (Å²) in [6.07, 6.45) is -4.44. The Morgan fingerprint density at radius 1 is 1.25 bits per heavy atom. The van der Waals surface area contributed by atoms with Crippen LogP contribution >= 0.6 is 0 Å². The van der Waals surface area contributed by atoms with Crippen molar-refractivity contribution in [1.82, 2.24) is 5.48 Å². The SMILES string of the molecule is CCc1ccc(OCC(O)CNOCC(F)(F)F)cc1. The molecule has 1 aromatic carbocycles. The van der Waals surface area contributed by atoms with Gasteiger partial charge in [0.25, 0.3) is 0 Å². The van der Waals surface area contributed by atoms with Crippen LogP contribution < -0.4 is 10.2 Å². The zero-order valence-electron chi connectivity index (χ0n) is 11.1. The minimum Gasteiger partial charge on any atom is -0.491 e. The molecule has 1 rings (SSSR count). The van der Waals surface area contributed by atoms with Gasteiger partial charge in [0.05, 0.1) is 6.54 Å². The van der Waals surface area contributed by atoms with Gasteiger partial charge in [-0.1, -0.05) is 19.1 Å². The standard InChI is InChI=1S/C13H18F3NO3/c1-2-10-3-5-12(6-4-10)19-8-11(18)7-17-20-9-13(14,15)16/h3-6,11,17-18H,2,7-9H2,1H3. The van der Waals surface area contributed by atoms with E-state index in [0.717, 1.165) is 6.42 Å². The summed E-state index contributed by atoms with van der Waals surface area (Å²) in [6, 6.07) is 7.37. The minimum absolute atomic E-state index is 0.0339. The Balaban J connectivity index is 2.17. The van der Waals surface area contributed by atoms with E-state index in [-0.39, 0.29) is 13.2 Å². The van der Waals surface area contributed by atoms with Crippen LogP contribution in [0.1, 0.15) is 12.5 Å². The lowest BCUT2D eigenvalue weighted by Crippen LogP contribution is -2.34. The maximum atomic E-state index is 11.8. The van der Waals surface area contributed by atoms with Crippen molar-refractivity contribution in [2.24, 2.45) is 0 Å². The van der Waals surface area contributed by atoms with Gasteiger partial charge in [-0.3, -0.25) is 4.84 Å². The van der Waals surface area contributed by atoms with Crippen molar-refractivity contribution in [3.05, 3.63) is 29.8 Å². The molecule has 7 heteroatoms. The molecule has 1 unspecified atom stereocenters. The van der Waals surface area contributed by atoms with Gasteiger partial charge in [0.15, 0.2) is 6.61 Å². The lowest BCUT2D eigenvalue weighted by Gasteiger charge is -2.14. The fourth-order valence-electron chi connectivity index (χ4n) is 1.36. The van der Waals surface area contributed by atoms with Gasteiger partial charge in [0.1, 0.15) is 18.5 Å². The van der Waals surface area contributed by atoms with Gasteiger partial charge in [0.2, 0.25) is 0 Å². The molecule has 0 heterocycles. The van der Waals surface area contributed by atoms with Crippen molar-refractivity contribution < 1.29 is 27.9 Å². The number of benzene rings is 1. The Bertz CT molecular complexity index is 381. The molecule has 0 fully saturated rings. The molecule has 0 amide bonds. The largest absolute Gasteiger partial charge is 0.491 e. The highest BCUT2D eigenvalue weighted by Crippen LogP contribution is 2.14. The van der Waals surface area contributed by atoms with Gasteiger partial charge in [-0.05, 0) is 24.1 Å². The molecule has 1 atom stereocenters. The van der Waals surface area contributed by atoms with Crippen LogP contribution in [0.15, 0.2) is 24.3 Å². The number of nitrogens with one attached hydrogen (secondary N) is 1. The average molecular weight is 293 g/mol. The summed E-state index contributed by atoms with van der Waals surface area (Å²) in [7, 11) is 0. The first-order valence-electron chi connectivity index (χ1n) is 6.22. The predicted molar refractivity (Wildman–Crippen MR) is 67.3 cm³/mol. The smallest absolute Gasteiger partial charge is 0.413 e. The molecule has 0 aliphatic rings. The van der Waals surface area contributed by atoms with Crippen molar-refractivity contribution in [3.8, 4) is 5.75 Å². The van der Waals surface area contributed by atoms with Gasteiger partial charge in [-0.25, -0.2) is 0 Å². The van der Waals surface area contributed by atoms with Crippen molar-refractivity contribution >= 4 is 0 Å². The molecule has 0 radical (unpaired) electrons. The molecular formula is C13H18F3NO3. The summed E-state index contributed by atoms with van der Waals surface area (Å²) in [4.78, 5) is 4.16. The van der Waals surface area contributed by atoms with E-state index in [0.29, 0.717) is 5.75 Å². The molecule has 0 saturated carbocycles. The Hall–Kier alpha value is -1.31. The molecule has 0 aliphatic carbocycles. The Kier molecular flexibility index (Phi) is 6.77. The van der Waals surface area contributed by atoms with Crippen LogP contribution in [0.25, 0.3) is 0 Å². The third kappa shape index (κ3) is 7.32. The number of aliphatic hydroxyl groups is 1. The van der Waals surface area contributed by atoms with Crippen molar-refractivity contribution in [3.63, 3.8) is 0 Å². The quantitative estimate of drug-likeness (QED) is 0.569. The van der Waals surface area contributed by atoms with Crippen molar-refractivity contribution in [1.29, 1.82) is 0 Å². The highest BCUT2D eigenvalue weighted by Gasteiger charge is 2.27. The number of ether oxygens (including phenoxy) is 1. The zero-order chi connectivity index (χ0) is 15.0. The maximum Gasteiger partial charge on any atom is 0.413 e. The molecule has 0 bridgehead atoms. The Labute approximate surface area is 115 Å². The maximum absolute atomic E-state index is 11.8. The first-order valence-corrected chi connectivity index (χ1v) is 6.22. The predicted octanol–water partition coefficient (Wildman–Crippen LogP) is 2.07. The van der Waals surface area contributed by atoms with Crippen LogP contribution in [0, 0.1) is 0 Å². The third-order valence-corrected chi connectivity index (χ3v) is 2.43. The van der Waals surface area contributed by atoms with Crippen LogP contribution in [0.4, 0.5) is 13.2 Å². The van der Waals surface area contributed by atoms with Crippen molar-refractivity contribution in [2.75, 3.05) is 19.8 Å². The number of hydroxylamine groups is 1. The van der Waals surface area contributed by atoms with Gasteiger partial charge < -0.3 is 9.84 Å². The van der Waals surface area contributed by atoms with Gasteiger partial charge in [0, 0.05) is 0 Å². The van der Waals surface area contributed by atoms with Gasteiger partial charge >= 0.3 is 6.18 Å². The van der Waals surface area contributed by atoms with E-state index in [2.05, 4.69) is 4.84 Å². The second kappa shape index (κ2) is 8.08. The fraction of sp³-hybridized carbons (Fsp3) is 0.538. The molecular weight excluding hydrogens is 275 g/mol. The lowest BCUT2D eigenvalue weighted by molar-refractivity contribution is -0.191. The Morgan fingerprint density at radius 3 is 2.45 bits per heavy atom. The van der Waals surface area contributed by atoms with E-state index < -0.39 is 18.9 Å². The second-order valence-electron chi connectivity index (χ2n) is 4.21. The first-order chi connectivity index (χ1) is 9.40. The van der Waals surface area contributed by atoms with E-state index in [1.165, 1.54) is 5.56 Å². The summed E-state index contributed by atoms with van der Waals surface area (Å²) in [5.41, 5.74) is 3.21. The number of hydrogen-bond acceptors (Lipinski definition) is 4. The van der Waals surface area contributed by atoms with E-state index in [4.69, 9.17) is 4.74 Å². The molecule has 1 aromatic rings. The van der Waals surface area contributed by atoms with E-state index in [9.17, 15) is 18.3 Å². The number of aliphatic hydroxyl groups excluding tert-OH is 1. The zero-order valence-corrected chi connectivity index (χ0v) is 11.1. The molecule has 0 saturated heterocycles. The first kappa shape index (κ1) is 16.7. The van der Waals surface area contributed by atoms with Crippen LogP contribution in [-0.4, -0.2) is 37.1 Å². The monoisotopic (exact) mass is 293 g/mol. The summed E-state index contributed by atoms with van der Waals surface area (Å²) in [5, 5.41) is 9.49. The number of halogens is 3. The normalized spacial score (nSPS) is 13.2. The minimum atomic E-state index is -4.39. The number of alkyl halides is 3. The lowest BCUT2D eigenvalue weighted by atomic mass is 10.2. The van der Waals surface area contributed by atoms with Gasteiger partial charge in [-0.15, -0.1) is 0 Å². The summed E-state index contributed by atoms with van der Waals surface area (Å²) >= 11 is 0. The summed E-state index contributed by atoms with van der Waals surface area (Å²) < 4.78 is 40.6. The van der Waals surface area contributed by atoms with Gasteiger partial charge in [-0.2, -0.15) is 18.7 Å². The van der Waals surface area contributed by atoms with Crippen molar-refractivity contribution in [2.45, 2.75) is 25.6 Å². The summed E-state index contributed by atoms with van der Waals surface area (Å²) in [5.74, 6) is 0.595. The number of hydrogen-bond donors (Lipinski definition) is 2. The van der Waals surface area contributed by atoms with Crippen LogP contribution in [0.5, 0.6) is 5.75 Å². The highest BCUT2D eigenvalue weighted by molar-refractivity contribution is 5.27. The number of rotatable bonds is 8. The molecule has 20 heavy (non-hydrogen) atoms. The van der Waals surface area contributed by atoms with E-state index in [1.54, 1.807) is 12.1 Å². The fourth-order valence-corrected chi connectivity index (χ4v) is 1.36. The van der Waals surface area contributed by atoms with Crippen LogP contribution in [-0.2, 0) is 11.3 Å². The van der Waals surface area contributed by atoms with Crippen LogP contribution in [0.3, 0.4) is 0 Å².